The van der Waals surface area contributed by atoms with Gasteiger partial charge in [-0.15, -0.1) is 11.3 Å². The van der Waals surface area contributed by atoms with Gasteiger partial charge in [0.05, 0.1) is 18.2 Å². The van der Waals surface area contributed by atoms with Crippen molar-refractivity contribution in [2.75, 3.05) is 19.0 Å². The van der Waals surface area contributed by atoms with E-state index < -0.39 is 5.97 Å². The third kappa shape index (κ3) is 5.76. The Morgan fingerprint density at radius 3 is 2.58 bits per heavy atom. The molecule has 0 atom stereocenters. The molecule has 0 fully saturated rings. The van der Waals surface area contributed by atoms with Crippen molar-refractivity contribution in [3.8, 4) is 16.9 Å². The molecule has 31 heavy (non-hydrogen) atoms. The van der Waals surface area contributed by atoms with Gasteiger partial charge in [-0.05, 0) is 64.3 Å². The Morgan fingerprint density at radius 1 is 1.19 bits per heavy atom. The van der Waals surface area contributed by atoms with Gasteiger partial charge in [-0.25, -0.2) is 4.79 Å². The van der Waals surface area contributed by atoms with E-state index in [1.54, 1.807) is 38.3 Å². The molecule has 1 N–H and O–H groups in total. The lowest BCUT2D eigenvalue weighted by Gasteiger charge is -2.08. The molecular weight excluding hydrogens is 502 g/mol. The van der Waals surface area contributed by atoms with Crippen LogP contribution < -0.4 is 10.1 Å². The first-order valence-corrected chi connectivity index (χ1v) is 11.3. The Hall–Kier alpha value is -2.61. The topological polar surface area (TPSA) is 64.6 Å². The van der Waals surface area contributed by atoms with Gasteiger partial charge in [0.15, 0.2) is 0 Å². The molecule has 0 aliphatic carbocycles. The van der Waals surface area contributed by atoms with E-state index in [0.717, 1.165) is 15.6 Å². The molecule has 0 bridgehead atoms. The van der Waals surface area contributed by atoms with E-state index in [-0.39, 0.29) is 12.5 Å². The summed E-state index contributed by atoms with van der Waals surface area (Å²) in [5.74, 6) is -0.150. The van der Waals surface area contributed by atoms with Crippen LogP contribution in [0.5, 0.6) is 5.75 Å². The molecular formula is C23H19BrClNO4S. The largest absolute Gasteiger partial charge is 0.496 e. The van der Waals surface area contributed by atoms with Gasteiger partial charge in [0.25, 0.3) is 0 Å². The first-order chi connectivity index (χ1) is 14.9. The summed E-state index contributed by atoms with van der Waals surface area (Å²) >= 11 is 10.7. The van der Waals surface area contributed by atoms with Crippen LogP contribution in [-0.4, -0.2) is 25.6 Å². The van der Waals surface area contributed by atoms with Crippen LogP contribution >= 0.6 is 38.9 Å². The highest BCUT2D eigenvalue weighted by molar-refractivity contribution is 9.10. The summed E-state index contributed by atoms with van der Waals surface area (Å²) in [6.45, 7) is 1.97. The van der Waals surface area contributed by atoms with E-state index in [1.165, 1.54) is 17.4 Å². The summed E-state index contributed by atoms with van der Waals surface area (Å²) < 4.78 is 11.2. The second-order valence-corrected chi connectivity index (χ2v) is 8.47. The van der Waals surface area contributed by atoms with Crippen molar-refractivity contribution in [2.24, 2.45) is 0 Å². The predicted molar refractivity (Wildman–Crippen MR) is 129 cm³/mol. The molecule has 0 spiro atoms. The fourth-order valence-corrected chi connectivity index (χ4v) is 4.45. The van der Waals surface area contributed by atoms with Crippen LogP contribution in [0.1, 0.15) is 22.8 Å². The van der Waals surface area contributed by atoms with Crippen molar-refractivity contribution in [3.63, 3.8) is 0 Å². The van der Waals surface area contributed by atoms with Crippen molar-refractivity contribution in [1.29, 1.82) is 0 Å². The number of halogens is 2. The molecule has 1 aromatic heterocycles. The van der Waals surface area contributed by atoms with Crippen molar-refractivity contribution in [3.05, 3.63) is 74.5 Å². The van der Waals surface area contributed by atoms with Gasteiger partial charge >= 0.3 is 5.97 Å². The van der Waals surface area contributed by atoms with Crippen LogP contribution in [0, 0.1) is 0 Å². The maximum absolute atomic E-state index is 12.6. The third-order valence-electron chi connectivity index (χ3n) is 4.27. The summed E-state index contributed by atoms with van der Waals surface area (Å²) in [6, 6.07) is 12.6. The third-order valence-corrected chi connectivity index (χ3v) is 6.03. The number of esters is 1. The lowest BCUT2D eigenvalue weighted by molar-refractivity contribution is -0.111. The molecule has 3 aromatic rings. The number of carbonyl (C=O) groups is 2. The molecule has 1 heterocycles. The summed E-state index contributed by atoms with van der Waals surface area (Å²) in [7, 11) is 1.59. The Balaban J connectivity index is 1.84. The fourth-order valence-electron chi connectivity index (χ4n) is 2.81. The zero-order valence-corrected chi connectivity index (χ0v) is 19.9. The van der Waals surface area contributed by atoms with Gasteiger partial charge in [0.2, 0.25) is 5.91 Å². The number of hydrogen-bond acceptors (Lipinski definition) is 5. The molecule has 0 aliphatic rings. The van der Waals surface area contributed by atoms with Gasteiger partial charge < -0.3 is 14.8 Å². The van der Waals surface area contributed by atoms with Crippen LogP contribution in [0.4, 0.5) is 5.00 Å². The summed E-state index contributed by atoms with van der Waals surface area (Å²) in [6.07, 6.45) is 3.09. The zero-order chi connectivity index (χ0) is 22.4. The lowest BCUT2D eigenvalue weighted by Crippen LogP contribution is -2.12. The number of hydrogen-bond donors (Lipinski definition) is 1. The molecule has 2 aromatic carbocycles. The van der Waals surface area contributed by atoms with Crippen LogP contribution in [0.15, 0.2) is 58.4 Å². The summed E-state index contributed by atoms with van der Waals surface area (Å²) in [5.41, 5.74) is 2.63. The predicted octanol–water partition coefficient (Wildman–Crippen LogP) is 6.67. The van der Waals surface area contributed by atoms with Gasteiger partial charge in [0, 0.05) is 22.0 Å². The van der Waals surface area contributed by atoms with E-state index in [9.17, 15) is 9.59 Å². The Bertz CT molecular complexity index is 1130. The van der Waals surface area contributed by atoms with E-state index in [2.05, 4.69) is 21.2 Å². The highest BCUT2D eigenvalue weighted by atomic mass is 79.9. The molecule has 0 radical (unpaired) electrons. The average Bonchev–Trinajstić information content (AvgIpc) is 3.16. The highest BCUT2D eigenvalue weighted by Gasteiger charge is 2.22. The second kappa shape index (κ2) is 10.6. The van der Waals surface area contributed by atoms with E-state index in [4.69, 9.17) is 21.1 Å². The van der Waals surface area contributed by atoms with Crippen LogP contribution in [0.25, 0.3) is 17.2 Å². The molecule has 160 valence electrons. The number of carbonyl (C=O) groups excluding carboxylic acids is 2. The SMILES string of the molecule is CCOC(=O)c1c(-c2ccc(Cl)cc2)csc1NC(=O)C=Cc1ccc(OC)c(Br)c1. The first-order valence-electron chi connectivity index (χ1n) is 9.30. The van der Waals surface area contributed by atoms with Gasteiger partial charge in [0.1, 0.15) is 16.3 Å². The number of ether oxygens (including phenoxy) is 2. The lowest BCUT2D eigenvalue weighted by atomic mass is 10.0. The average molecular weight is 521 g/mol. The molecule has 8 heteroatoms. The monoisotopic (exact) mass is 519 g/mol. The zero-order valence-electron chi connectivity index (χ0n) is 16.8. The number of anilines is 1. The molecule has 3 rings (SSSR count). The summed E-state index contributed by atoms with van der Waals surface area (Å²) in [4.78, 5) is 25.1. The van der Waals surface area contributed by atoms with Crippen molar-refractivity contribution >= 4 is 61.8 Å². The van der Waals surface area contributed by atoms with Crippen LogP contribution in [-0.2, 0) is 9.53 Å². The molecule has 1 amide bonds. The number of methoxy groups -OCH3 is 1. The van der Waals surface area contributed by atoms with Crippen LogP contribution in [0.3, 0.4) is 0 Å². The normalized spacial score (nSPS) is 10.8. The van der Waals surface area contributed by atoms with Gasteiger partial charge in [-0.3, -0.25) is 4.79 Å². The molecule has 5 nitrogen and oxygen atoms in total. The molecule has 0 saturated carbocycles. The molecule has 0 saturated heterocycles. The minimum atomic E-state index is -0.493. The van der Waals surface area contributed by atoms with E-state index in [1.807, 2.05) is 29.6 Å². The fraction of sp³-hybridized carbons (Fsp3) is 0.130. The van der Waals surface area contributed by atoms with Crippen molar-refractivity contribution in [1.82, 2.24) is 0 Å². The number of thiophene rings is 1. The van der Waals surface area contributed by atoms with E-state index >= 15 is 0 Å². The number of rotatable bonds is 7. The van der Waals surface area contributed by atoms with Crippen LogP contribution in [0.2, 0.25) is 5.02 Å². The number of nitrogens with one attached hydrogen (secondary N) is 1. The van der Waals surface area contributed by atoms with Crippen molar-refractivity contribution < 1.29 is 19.1 Å². The van der Waals surface area contributed by atoms with Gasteiger partial charge in [-0.2, -0.15) is 0 Å². The molecule has 0 aliphatic heterocycles. The van der Waals surface area contributed by atoms with Gasteiger partial charge in [-0.1, -0.05) is 29.8 Å². The number of benzene rings is 2. The Labute approximate surface area is 197 Å². The maximum Gasteiger partial charge on any atom is 0.341 e. The molecule has 0 unspecified atom stereocenters. The Kier molecular flexibility index (Phi) is 7.90. The quantitative estimate of drug-likeness (QED) is 0.279. The smallest absolute Gasteiger partial charge is 0.341 e. The minimum Gasteiger partial charge on any atom is -0.496 e. The standard InChI is InChI=1S/C23H19BrClNO4S/c1-3-30-23(28)21-17(15-6-8-16(25)9-7-15)13-31-22(21)26-20(27)11-5-14-4-10-19(29-2)18(24)12-14/h4-13H,3H2,1-2H3,(H,26,27). The summed E-state index contributed by atoms with van der Waals surface area (Å²) in [5, 5.41) is 5.63. The highest BCUT2D eigenvalue weighted by Crippen LogP contribution is 2.36. The van der Waals surface area contributed by atoms with Crippen molar-refractivity contribution in [2.45, 2.75) is 6.92 Å². The number of amides is 1. The first kappa shape index (κ1) is 23.1. The minimum absolute atomic E-state index is 0.231. The van der Waals surface area contributed by atoms with E-state index in [0.29, 0.717) is 26.9 Å². The Morgan fingerprint density at radius 2 is 1.94 bits per heavy atom. The second-order valence-electron chi connectivity index (χ2n) is 6.30. The maximum atomic E-state index is 12.6.